The van der Waals surface area contributed by atoms with E-state index in [4.69, 9.17) is 0 Å². The minimum Gasteiger partial charge on any atom is -0.396 e. The number of aliphatic hydroxyl groups is 1. The van der Waals surface area contributed by atoms with Crippen molar-refractivity contribution >= 4 is 0 Å². The quantitative estimate of drug-likeness (QED) is 0.784. The molecule has 0 bridgehead atoms. The highest BCUT2D eigenvalue weighted by atomic mass is 16.3. The third-order valence-corrected chi connectivity index (χ3v) is 6.03. The Labute approximate surface area is 135 Å². The molecule has 22 heavy (non-hydrogen) atoms. The second kappa shape index (κ2) is 6.86. The predicted octanol–water partition coefficient (Wildman–Crippen LogP) is 2.99. The summed E-state index contributed by atoms with van der Waals surface area (Å²) in [6.07, 6.45) is 13.6. The van der Waals surface area contributed by atoms with Gasteiger partial charge in [0.2, 0.25) is 0 Å². The minimum atomic E-state index is 0.309. The molecule has 0 saturated carbocycles. The van der Waals surface area contributed by atoms with Gasteiger partial charge in [-0.3, -0.25) is 5.43 Å². The number of nitrogens with one attached hydrogen (secondary N) is 1. The highest BCUT2D eigenvalue weighted by Crippen LogP contribution is 2.39. The Morgan fingerprint density at radius 2 is 1.86 bits per heavy atom. The van der Waals surface area contributed by atoms with Gasteiger partial charge in [-0.2, -0.15) is 0 Å². The molecule has 0 aromatic carbocycles. The van der Waals surface area contributed by atoms with Crippen LogP contribution in [0.1, 0.15) is 40.0 Å². The van der Waals surface area contributed by atoms with Crippen molar-refractivity contribution < 1.29 is 5.11 Å². The van der Waals surface area contributed by atoms with E-state index >= 15 is 0 Å². The minimum absolute atomic E-state index is 0.309. The van der Waals surface area contributed by atoms with Crippen LogP contribution in [0.4, 0.5) is 0 Å². The van der Waals surface area contributed by atoms with Crippen molar-refractivity contribution in [2.75, 3.05) is 13.2 Å². The number of hydrogen-bond donors (Lipinski definition) is 2. The largest absolute Gasteiger partial charge is 0.396 e. The maximum Gasteiger partial charge on any atom is 0.0467 e. The van der Waals surface area contributed by atoms with Crippen molar-refractivity contribution in [2.24, 2.45) is 29.6 Å². The highest BCUT2D eigenvalue weighted by Gasteiger charge is 2.38. The molecular formula is C19H32N2O. The topological polar surface area (TPSA) is 35.5 Å². The van der Waals surface area contributed by atoms with Gasteiger partial charge in [-0.1, -0.05) is 31.2 Å². The smallest absolute Gasteiger partial charge is 0.0467 e. The Morgan fingerprint density at radius 1 is 1.09 bits per heavy atom. The highest BCUT2D eigenvalue weighted by molar-refractivity contribution is 5.13. The molecule has 0 spiro atoms. The summed E-state index contributed by atoms with van der Waals surface area (Å²) < 4.78 is 0. The van der Waals surface area contributed by atoms with E-state index in [9.17, 15) is 5.11 Å². The summed E-state index contributed by atoms with van der Waals surface area (Å²) in [7, 11) is 0. The van der Waals surface area contributed by atoms with Gasteiger partial charge >= 0.3 is 0 Å². The van der Waals surface area contributed by atoms with E-state index in [1.807, 2.05) is 0 Å². The van der Waals surface area contributed by atoms with E-state index in [-0.39, 0.29) is 0 Å². The lowest BCUT2D eigenvalue weighted by Crippen LogP contribution is -2.43. The van der Waals surface area contributed by atoms with Gasteiger partial charge in [0.15, 0.2) is 0 Å². The van der Waals surface area contributed by atoms with Crippen molar-refractivity contribution in [3.05, 3.63) is 24.3 Å². The van der Waals surface area contributed by atoms with Gasteiger partial charge in [-0.15, -0.1) is 0 Å². The molecule has 0 aromatic rings. The first-order valence-electron chi connectivity index (χ1n) is 9.09. The summed E-state index contributed by atoms with van der Waals surface area (Å²) in [5.74, 6) is 3.15. The second-order valence-electron chi connectivity index (χ2n) is 7.85. The van der Waals surface area contributed by atoms with E-state index in [2.05, 4.69) is 55.5 Å². The van der Waals surface area contributed by atoms with Crippen LogP contribution in [0.25, 0.3) is 0 Å². The van der Waals surface area contributed by atoms with Gasteiger partial charge in [0.25, 0.3) is 0 Å². The zero-order valence-corrected chi connectivity index (χ0v) is 14.3. The Kier molecular flexibility index (Phi) is 5.06. The van der Waals surface area contributed by atoms with E-state index in [0.717, 1.165) is 12.5 Å². The molecule has 1 aliphatic heterocycles. The van der Waals surface area contributed by atoms with Crippen LogP contribution in [0.5, 0.6) is 0 Å². The molecule has 3 rings (SSSR count). The lowest BCUT2D eigenvalue weighted by molar-refractivity contribution is 0.145. The van der Waals surface area contributed by atoms with E-state index in [1.165, 1.54) is 19.3 Å². The molecule has 1 saturated heterocycles. The molecular weight excluding hydrogens is 272 g/mol. The van der Waals surface area contributed by atoms with Gasteiger partial charge in [0.1, 0.15) is 0 Å². The standard InChI is InChI=1S/C19H32N2O/c1-13(2)21-19-9-8-17(10-18(19)11-20-21)16-6-4-15(5-7-16)14(3)12-22/h4,6,8-9,13-20,22H,5,7,10-12H2,1-3H3. The third-order valence-electron chi connectivity index (χ3n) is 6.03. The molecule has 3 aliphatic rings. The van der Waals surface area contributed by atoms with Crippen molar-refractivity contribution in [1.82, 2.24) is 10.4 Å². The first kappa shape index (κ1) is 16.2. The van der Waals surface area contributed by atoms with Gasteiger partial charge in [-0.25, -0.2) is 5.01 Å². The SMILES string of the molecule is CC(CO)C1C=CC(C2C=CC3C(CNN3C(C)C)C2)CC1. The average molecular weight is 304 g/mol. The Balaban J connectivity index is 1.62. The van der Waals surface area contributed by atoms with Crippen LogP contribution in [-0.2, 0) is 0 Å². The predicted molar refractivity (Wildman–Crippen MR) is 91.1 cm³/mol. The fourth-order valence-corrected chi connectivity index (χ4v) is 4.51. The van der Waals surface area contributed by atoms with Gasteiger partial charge < -0.3 is 5.11 Å². The number of rotatable bonds is 4. The monoisotopic (exact) mass is 304 g/mol. The summed E-state index contributed by atoms with van der Waals surface area (Å²) in [6.45, 7) is 8.13. The number of fused-ring (bicyclic) bond motifs is 1. The third kappa shape index (κ3) is 3.17. The first-order chi connectivity index (χ1) is 10.6. The summed E-state index contributed by atoms with van der Waals surface area (Å²) >= 11 is 0. The summed E-state index contributed by atoms with van der Waals surface area (Å²) in [6, 6.07) is 1.15. The Hall–Kier alpha value is -0.640. The van der Waals surface area contributed by atoms with E-state index in [0.29, 0.717) is 42.4 Å². The van der Waals surface area contributed by atoms with Crippen LogP contribution >= 0.6 is 0 Å². The maximum atomic E-state index is 9.32. The van der Waals surface area contributed by atoms with Crippen LogP contribution in [0.3, 0.4) is 0 Å². The fourth-order valence-electron chi connectivity index (χ4n) is 4.51. The Morgan fingerprint density at radius 3 is 2.50 bits per heavy atom. The summed E-state index contributed by atoms with van der Waals surface area (Å²) in [4.78, 5) is 0. The molecule has 0 radical (unpaired) electrons. The molecule has 0 amide bonds. The normalized spacial score (nSPS) is 40.1. The zero-order chi connectivity index (χ0) is 15.7. The molecule has 2 N–H and O–H groups in total. The molecule has 3 nitrogen and oxygen atoms in total. The number of hydrogen-bond acceptors (Lipinski definition) is 3. The number of allylic oxidation sites excluding steroid dienone is 3. The first-order valence-corrected chi connectivity index (χ1v) is 9.09. The van der Waals surface area contributed by atoms with Crippen LogP contribution < -0.4 is 5.43 Å². The van der Waals surface area contributed by atoms with Crippen LogP contribution in [0.2, 0.25) is 0 Å². The number of aliphatic hydroxyl groups excluding tert-OH is 1. The van der Waals surface area contributed by atoms with Crippen molar-refractivity contribution in [3.8, 4) is 0 Å². The second-order valence-corrected chi connectivity index (χ2v) is 7.85. The molecule has 2 aliphatic carbocycles. The van der Waals surface area contributed by atoms with Crippen LogP contribution in [0.15, 0.2) is 24.3 Å². The van der Waals surface area contributed by atoms with Gasteiger partial charge in [0.05, 0.1) is 0 Å². The lowest BCUT2D eigenvalue weighted by atomic mass is 9.72. The lowest BCUT2D eigenvalue weighted by Gasteiger charge is -2.36. The average Bonchev–Trinajstić information content (AvgIpc) is 2.97. The number of nitrogens with zero attached hydrogens (tertiary/aromatic N) is 1. The van der Waals surface area contributed by atoms with Crippen molar-refractivity contribution in [2.45, 2.75) is 52.1 Å². The maximum absolute atomic E-state index is 9.32. The molecule has 6 unspecified atom stereocenters. The van der Waals surface area contributed by atoms with E-state index < -0.39 is 0 Å². The number of hydrazine groups is 1. The molecule has 0 aromatic heterocycles. The Bertz CT molecular complexity index is 431. The molecule has 1 heterocycles. The van der Waals surface area contributed by atoms with Crippen molar-refractivity contribution in [3.63, 3.8) is 0 Å². The molecule has 3 heteroatoms. The van der Waals surface area contributed by atoms with Gasteiger partial charge in [-0.05, 0) is 62.7 Å². The summed E-state index contributed by atoms with van der Waals surface area (Å²) in [5.41, 5.74) is 3.59. The zero-order valence-electron chi connectivity index (χ0n) is 14.3. The van der Waals surface area contributed by atoms with Gasteiger partial charge in [0, 0.05) is 25.2 Å². The van der Waals surface area contributed by atoms with Crippen LogP contribution in [-0.4, -0.2) is 35.4 Å². The van der Waals surface area contributed by atoms with Crippen LogP contribution in [0, 0.1) is 29.6 Å². The van der Waals surface area contributed by atoms with E-state index in [1.54, 1.807) is 0 Å². The molecule has 6 atom stereocenters. The van der Waals surface area contributed by atoms with Crippen molar-refractivity contribution in [1.29, 1.82) is 0 Å². The molecule has 1 fully saturated rings. The molecule has 124 valence electrons. The fraction of sp³-hybridized carbons (Fsp3) is 0.789. The summed E-state index contributed by atoms with van der Waals surface area (Å²) in [5, 5.41) is 11.7.